The fraction of sp³-hybridized carbons (Fsp3) is 0.600. The van der Waals surface area contributed by atoms with Crippen molar-refractivity contribution in [3.8, 4) is 0 Å². The van der Waals surface area contributed by atoms with Crippen LogP contribution in [0.4, 0.5) is 0 Å². The van der Waals surface area contributed by atoms with Crippen LogP contribution in [0.3, 0.4) is 0 Å². The van der Waals surface area contributed by atoms with E-state index < -0.39 is 0 Å². The van der Waals surface area contributed by atoms with Gasteiger partial charge in [0, 0.05) is 26.4 Å². The van der Waals surface area contributed by atoms with E-state index in [1.165, 1.54) is 0 Å². The Hall–Kier alpha value is -1.33. The fourth-order valence-electron chi connectivity index (χ4n) is 1.56. The second kappa shape index (κ2) is 8.85. The molecule has 0 unspecified atom stereocenters. The normalized spacial score (nSPS) is 12.3. The highest BCUT2D eigenvalue weighted by Gasteiger charge is 2.15. The van der Waals surface area contributed by atoms with Gasteiger partial charge in [0.05, 0.1) is 12.1 Å². The minimum Gasteiger partial charge on any atom is -0.377 e. The standard InChI is InChI=1S/C15H25ClN4O/c1-5-17-14(20-11-15(2,3)21-4)18-9-8-12-6-7-13(16)19-10-12/h6-7,10H,5,8-9,11H2,1-4H3,(H2,17,18,20). The molecule has 0 radical (unpaired) electrons. The van der Waals surface area contributed by atoms with E-state index in [4.69, 9.17) is 16.3 Å². The van der Waals surface area contributed by atoms with Gasteiger partial charge in [-0.2, -0.15) is 0 Å². The fourth-order valence-corrected chi connectivity index (χ4v) is 1.67. The molecule has 6 heteroatoms. The number of halogens is 1. The van der Waals surface area contributed by atoms with Crippen LogP contribution in [0, 0.1) is 0 Å². The van der Waals surface area contributed by atoms with E-state index in [0.29, 0.717) is 11.7 Å². The molecule has 0 fully saturated rings. The van der Waals surface area contributed by atoms with Gasteiger partial charge in [0.2, 0.25) is 0 Å². The number of nitrogens with one attached hydrogen (secondary N) is 2. The first kappa shape index (κ1) is 17.7. The molecule has 0 aliphatic rings. The molecule has 0 saturated carbocycles. The molecule has 2 N–H and O–H groups in total. The summed E-state index contributed by atoms with van der Waals surface area (Å²) >= 11 is 5.77. The van der Waals surface area contributed by atoms with E-state index in [2.05, 4.69) is 20.6 Å². The average Bonchev–Trinajstić information content (AvgIpc) is 2.47. The van der Waals surface area contributed by atoms with Gasteiger partial charge in [-0.1, -0.05) is 17.7 Å². The zero-order valence-electron chi connectivity index (χ0n) is 13.2. The van der Waals surface area contributed by atoms with Crippen LogP contribution in [0.2, 0.25) is 5.15 Å². The third-order valence-electron chi connectivity index (χ3n) is 3.01. The Bertz CT molecular complexity index is 445. The molecule has 0 saturated heterocycles. The van der Waals surface area contributed by atoms with Crippen molar-refractivity contribution >= 4 is 17.6 Å². The van der Waals surface area contributed by atoms with Crippen LogP contribution in [0.25, 0.3) is 0 Å². The number of aromatic nitrogens is 1. The molecule has 21 heavy (non-hydrogen) atoms. The van der Waals surface area contributed by atoms with Crippen molar-refractivity contribution in [1.82, 2.24) is 15.6 Å². The van der Waals surface area contributed by atoms with Crippen molar-refractivity contribution in [2.24, 2.45) is 4.99 Å². The van der Waals surface area contributed by atoms with Gasteiger partial charge < -0.3 is 15.4 Å². The minimum atomic E-state index is -0.261. The lowest BCUT2D eigenvalue weighted by Crippen LogP contribution is -2.40. The molecule has 0 aliphatic heterocycles. The van der Waals surface area contributed by atoms with Crippen molar-refractivity contribution in [2.45, 2.75) is 32.8 Å². The number of rotatable bonds is 7. The molecular weight excluding hydrogens is 288 g/mol. The first-order valence-corrected chi connectivity index (χ1v) is 7.52. The van der Waals surface area contributed by atoms with Gasteiger partial charge >= 0.3 is 0 Å². The molecule has 1 aromatic heterocycles. The predicted molar refractivity (Wildman–Crippen MR) is 88.0 cm³/mol. The second-order valence-corrected chi connectivity index (χ2v) is 5.71. The first-order chi connectivity index (χ1) is 9.96. The summed E-state index contributed by atoms with van der Waals surface area (Å²) in [5.41, 5.74) is 0.877. The van der Waals surface area contributed by atoms with Gasteiger partial charge in [-0.25, -0.2) is 4.98 Å². The van der Waals surface area contributed by atoms with Crippen LogP contribution in [0.15, 0.2) is 23.3 Å². The Morgan fingerprint density at radius 1 is 1.38 bits per heavy atom. The number of hydrogen-bond donors (Lipinski definition) is 2. The second-order valence-electron chi connectivity index (χ2n) is 5.32. The molecule has 5 nitrogen and oxygen atoms in total. The summed E-state index contributed by atoms with van der Waals surface area (Å²) in [6.07, 6.45) is 2.66. The van der Waals surface area contributed by atoms with Gasteiger partial charge in [-0.05, 0) is 38.8 Å². The van der Waals surface area contributed by atoms with Crippen LogP contribution in [-0.4, -0.2) is 43.3 Å². The Balaban J connectivity index is 2.47. The zero-order valence-corrected chi connectivity index (χ0v) is 14.0. The Labute approximate surface area is 132 Å². The summed E-state index contributed by atoms with van der Waals surface area (Å²) < 4.78 is 5.37. The van der Waals surface area contributed by atoms with E-state index >= 15 is 0 Å². The highest BCUT2D eigenvalue weighted by atomic mass is 35.5. The van der Waals surface area contributed by atoms with Crippen molar-refractivity contribution < 1.29 is 4.74 Å². The van der Waals surface area contributed by atoms with Crippen LogP contribution < -0.4 is 10.6 Å². The van der Waals surface area contributed by atoms with Crippen molar-refractivity contribution in [2.75, 3.05) is 26.7 Å². The van der Waals surface area contributed by atoms with Crippen molar-refractivity contribution in [3.05, 3.63) is 29.0 Å². The number of guanidine groups is 1. The lowest BCUT2D eigenvalue weighted by Gasteiger charge is -2.21. The van der Waals surface area contributed by atoms with Gasteiger partial charge in [0.15, 0.2) is 5.96 Å². The number of methoxy groups -OCH3 is 1. The topological polar surface area (TPSA) is 58.5 Å². The number of pyridine rings is 1. The van der Waals surface area contributed by atoms with Crippen molar-refractivity contribution in [1.29, 1.82) is 0 Å². The number of ether oxygens (including phenoxy) is 1. The lowest BCUT2D eigenvalue weighted by molar-refractivity contribution is 0.0310. The van der Waals surface area contributed by atoms with Gasteiger partial charge in [0.1, 0.15) is 5.15 Å². The summed E-state index contributed by atoms with van der Waals surface area (Å²) in [5, 5.41) is 7.04. The SMILES string of the molecule is CCNC(=NCC(C)(C)OC)NCCc1ccc(Cl)nc1. The highest BCUT2D eigenvalue weighted by molar-refractivity contribution is 6.29. The molecule has 118 valence electrons. The summed E-state index contributed by atoms with van der Waals surface area (Å²) in [7, 11) is 1.70. The number of nitrogens with zero attached hydrogens (tertiary/aromatic N) is 2. The summed E-state index contributed by atoms with van der Waals surface area (Å²) in [6.45, 7) is 8.27. The van der Waals surface area contributed by atoms with Gasteiger partial charge in [-0.3, -0.25) is 4.99 Å². The molecule has 1 rings (SSSR count). The molecule has 0 bridgehead atoms. The van der Waals surface area contributed by atoms with E-state index in [0.717, 1.165) is 31.0 Å². The average molecular weight is 313 g/mol. The van der Waals surface area contributed by atoms with E-state index in [1.54, 1.807) is 19.4 Å². The van der Waals surface area contributed by atoms with E-state index in [1.807, 2.05) is 26.8 Å². The third kappa shape index (κ3) is 7.29. The Morgan fingerprint density at radius 3 is 2.71 bits per heavy atom. The maximum absolute atomic E-state index is 5.77. The summed E-state index contributed by atoms with van der Waals surface area (Å²) in [4.78, 5) is 8.60. The Kier molecular flexibility index (Phi) is 7.47. The Morgan fingerprint density at radius 2 is 2.14 bits per heavy atom. The number of hydrogen-bond acceptors (Lipinski definition) is 3. The monoisotopic (exact) mass is 312 g/mol. The molecule has 1 aromatic rings. The zero-order chi connectivity index (χ0) is 15.7. The first-order valence-electron chi connectivity index (χ1n) is 7.14. The smallest absolute Gasteiger partial charge is 0.191 e. The molecule has 0 amide bonds. The molecule has 0 aromatic carbocycles. The van der Waals surface area contributed by atoms with Gasteiger partial charge in [-0.15, -0.1) is 0 Å². The van der Waals surface area contributed by atoms with E-state index in [9.17, 15) is 0 Å². The molecule has 1 heterocycles. The number of aliphatic imine (C=N–C) groups is 1. The minimum absolute atomic E-state index is 0.261. The third-order valence-corrected chi connectivity index (χ3v) is 3.23. The van der Waals surface area contributed by atoms with Crippen LogP contribution in [0.1, 0.15) is 26.3 Å². The maximum atomic E-state index is 5.77. The molecule has 0 aliphatic carbocycles. The van der Waals surface area contributed by atoms with Crippen LogP contribution in [0.5, 0.6) is 0 Å². The molecular formula is C15H25ClN4O. The van der Waals surface area contributed by atoms with Crippen LogP contribution in [-0.2, 0) is 11.2 Å². The molecule has 0 atom stereocenters. The maximum Gasteiger partial charge on any atom is 0.191 e. The lowest BCUT2D eigenvalue weighted by atomic mass is 10.1. The van der Waals surface area contributed by atoms with Crippen LogP contribution >= 0.6 is 11.6 Å². The quantitative estimate of drug-likeness (QED) is 0.460. The summed E-state index contributed by atoms with van der Waals surface area (Å²) in [6, 6.07) is 3.78. The molecule has 0 spiro atoms. The van der Waals surface area contributed by atoms with E-state index in [-0.39, 0.29) is 5.60 Å². The predicted octanol–water partition coefficient (Wildman–Crippen LogP) is 2.26. The highest BCUT2D eigenvalue weighted by Crippen LogP contribution is 2.07. The van der Waals surface area contributed by atoms with Crippen molar-refractivity contribution in [3.63, 3.8) is 0 Å². The largest absolute Gasteiger partial charge is 0.377 e. The van der Waals surface area contributed by atoms with Gasteiger partial charge in [0.25, 0.3) is 0 Å². The summed E-state index contributed by atoms with van der Waals surface area (Å²) in [5.74, 6) is 0.796.